The Morgan fingerprint density at radius 1 is 1.33 bits per heavy atom. The van der Waals surface area contributed by atoms with Crippen molar-refractivity contribution in [3.05, 3.63) is 35.9 Å². The van der Waals surface area contributed by atoms with Crippen LogP contribution in [0.2, 0.25) is 0 Å². The number of hydrogen-bond donors (Lipinski definition) is 1. The maximum absolute atomic E-state index is 12.0. The molecule has 1 aliphatic rings. The molecule has 0 saturated carbocycles. The minimum absolute atomic E-state index is 0.304. The van der Waals surface area contributed by atoms with Gasteiger partial charge < -0.3 is 14.8 Å². The van der Waals surface area contributed by atoms with Crippen LogP contribution >= 0.6 is 0 Å². The second-order valence-corrected chi connectivity index (χ2v) is 4.56. The summed E-state index contributed by atoms with van der Waals surface area (Å²) in [6.45, 7) is 1.40. The molecule has 1 N–H and O–H groups in total. The number of carbonyl (C=O) groups excluding carboxylic acids is 3. The van der Waals surface area contributed by atoms with Crippen molar-refractivity contribution >= 4 is 18.1 Å². The van der Waals surface area contributed by atoms with Gasteiger partial charge in [-0.3, -0.25) is 4.79 Å². The summed E-state index contributed by atoms with van der Waals surface area (Å²) < 4.78 is 9.66. The molecule has 1 aromatic rings. The molecule has 3 amide bonds. The first-order valence-corrected chi connectivity index (χ1v) is 6.44. The average molecular weight is 292 g/mol. The fourth-order valence-corrected chi connectivity index (χ4v) is 2.13. The molecule has 0 aromatic heterocycles. The Balaban J connectivity index is 2.06. The summed E-state index contributed by atoms with van der Waals surface area (Å²) in [4.78, 5) is 35.8. The lowest BCUT2D eigenvalue weighted by Gasteiger charge is -2.19. The third kappa shape index (κ3) is 3.13. The van der Waals surface area contributed by atoms with Gasteiger partial charge in [-0.15, -0.1) is 0 Å². The Kier molecular flexibility index (Phi) is 4.42. The van der Waals surface area contributed by atoms with Crippen LogP contribution in [0.1, 0.15) is 18.6 Å². The molecule has 0 unspecified atom stereocenters. The third-order valence-electron chi connectivity index (χ3n) is 3.23. The second-order valence-electron chi connectivity index (χ2n) is 4.56. The van der Waals surface area contributed by atoms with Gasteiger partial charge in [-0.25, -0.2) is 14.5 Å². The minimum Gasteiger partial charge on any atom is -0.468 e. The zero-order valence-corrected chi connectivity index (χ0v) is 11.7. The van der Waals surface area contributed by atoms with Crippen LogP contribution in [0.4, 0.5) is 9.59 Å². The summed E-state index contributed by atoms with van der Waals surface area (Å²) in [5, 5.41) is 2.32. The van der Waals surface area contributed by atoms with E-state index in [4.69, 9.17) is 4.74 Å². The molecule has 2 atom stereocenters. The number of amides is 3. The van der Waals surface area contributed by atoms with Crippen molar-refractivity contribution in [2.45, 2.75) is 19.1 Å². The van der Waals surface area contributed by atoms with Crippen molar-refractivity contribution in [1.29, 1.82) is 0 Å². The number of nitrogens with zero attached hydrogens (tertiary/aromatic N) is 1. The molecule has 1 saturated heterocycles. The molecule has 0 spiro atoms. The van der Waals surface area contributed by atoms with E-state index in [2.05, 4.69) is 10.1 Å². The molecule has 7 heteroatoms. The molecule has 2 rings (SSSR count). The number of benzene rings is 1. The first-order valence-electron chi connectivity index (χ1n) is 6.44. The lowest BCUT2D eigenvalue weighted by atomic mass is 10.0. The average Bonchev–Trinajstić information content (AvgIpc) is 2.80. The van der Waals surface area contributed by atoms with E-state index in [1.54, 1.807) is 6.92 Å². The molecule has 21 heavy (non-hydrogen) atoms. The molecule has 0 bridgehead atoms. The van der Waals surface area contributed by atoms with Crippen molar-refractivity contribution in [2.75, 3.05) is 13.7 Å². The quantitative estimate of drug-likeness (QED) is 0.852. The highest BCUT2D eigenvalue weighted by Crippen LogP contribution is 2.32. The largest absolute Gasteiger partial charge is 0.468 e. The van der Waals surface area contributed by atoms with Crippen LogP contribution in [0.25, 0.3) is 0 Å². The Labute approximate surface area is 121 Å². The molecule has 0 radical (unpaired) electrons. The van der Waals surface area contributed by atoms with Crippen molar-refractivity contribution in [2.24, 2.45) is 0 Å². The third-order valence-corrected chi connectivity index (χ3v) is 3.23. The molecular weight excluding hydrogens is 276 g/mol. The van der Waals surface area contributed by atoms with E-state index in [-0.39, 0.29) is 6.54 Å². The van der Waals surface area contributed by atoms with E-state index < -0.39 is 30.2 Å². The maximum atomic E-state index is 12.0. The first kappa shape index (κ1) is 14.8. The van der Waals surface area contributed by atoms with Gasteiger partial charge in [-0.2, -0.15) is 0 Å². The van der Waals surface area contributed by atoms with E-state index >= 15 is 0 Å². The van der Waals surface area contributed by atoms with Gasteiger partial charge in [0, 0.05) is 0 Å². The minimum atomic E-state index is -0.737. The number of methoxy groups -OCH3 is 1. The number of cyclic esters (lactones) is 1. The van der Waals surface area contributed by atoms with Crippen LogP contribution in [0, 0.1) is 0 Å². The molecule has 0 aliphatic carbocycles. The van der Waals surface area contributed by atoms with Crippen LogP contribution in [0.15, 0.2) is 30.3 Å². The standard InChI is InChI=1S/C14H16N2O5/c1-9-12(10-6-4-3-5-7-10)21-14(19)16(9)13(18)15-8-11(17)20-2/h3-7,9,12H,8H2,1-2H3,(H,15,18)/t9-,12-/m0/s1. The zero-order chi connectivity index (χ0) is 15.4. The van der Waals surface area contributed by atoms with Crippen LogP contribution < -0.4 is 5.32 Å². The fourth-order valence-electron chi connectivity index (χ4n) is 2.13. The molecule has 7 nitrogen and oxygen atoms in total. The zero-order valence-electron chi connectivity index (χ0n) is 11.7. The molecule has 1 aromatic carbocycles. The number of nitrogens with one attached hydrogen (secondary N) is 1. The number of urea groups is 1. The Bertz CT molecular complexity index is 546. The molecule has 112 valence electrons. The molecular formula is C14H16N2O5. The number of carbonyl (C=O) groups is 3. The van der Waals surface area contributed by atoms with Gasteiger partial charge >= 0.3 is 18.1 Å². The van der Waals surface area contributed by atoms with E-state index in [0.717, 1.165) is 10.5 Å². The Hall–Kier alpha value is -2.57. The van der Waals surface area contributed by atoms with Gasteiger partial charge in [-0.1, -0.05) is 30.3 Å². The summed E-state index contributed by atoms with van der Waals surface area (Å²) in [6, 6.07) is 8.00. The Morgan fingerprint density at radius 2 is 2.00 bits per heavy atom. The van der Waals surface area contributed by atoms with Crippen LogP contribution in [-0.4, -0.2) is 42.7 Å². The number of imide groups is 1. The lowest BCUT2D eigenvalue weighted by molar-refractivity contribution is -0.139. The van der Waals surface area contributed by atoms with E-state index in [0.29, 0.717) is 0 Å². The van der Waals surface area contributed by atoms with E-state index in [1.807, 2.05) is 30.3 Å². The summed E-state index contributed by atoms with van der Waals surface area (Å²) in [6.07, 6.45) is -1.26. The number of hydrogen-bond acceptors (Lipinski definition) is 5. The van der Waals surface area contributed by atoms with Gasteiger partial charge in [0.15, 0.2) is 0 Å². The normalized spacial score (nSPS) is 20.9. The monoisotopic (exact) mass is 292 g/mol. The maximum Gasteiger partial charge on any atom is 0.419 e. The summed E-state index contributed by atoms with van der Waals surface area (Å²) in [5.74, 6) is -0.594. The van der Waals surface area contributed by atoms with Gasteiger partial charge in [0.25, 0.3) is 0 Å². The molecule has 1 aliphatic heterocycles. The van der Waals surface area contributed by atoms with Crippen molar-refractivity contribution < 1.29 is 23.9 Å². The van der Waals surface area contributed by atoms with Gasteiger partial charge in [0.2, 0.25) is 0 Å². The highest BCUT2D eigenvalue weighted by atomic mass is 16.6. The van der Waals surface area contributed by atoms with Crippen molar-refractivity contribution in [3.8, 4) is 0 Å². The first-order chi connectivity index (χ1) is 10.0. The lowest BCUT2D eigenvalue weighted by Crippen LogP contribution is -2.46. The smallest absolute Gasteiger partial charge is 0.419 e. The summed E-state index contributed by atoms with van der Waals surface area (Å²) in [5.41, 5.74) is 0.807. The van der Waals surface area contributed by atoms with Gasteiger partial charge in [0.1, 0.15) is 12.6 Å². The van der Waals surface area contributed by atoms with Crippen LogP contribution in [0.3, 0.4) is 0 Å². The number of esters is 1. The molecule has 1 heterocycles. The Morgan fingerprint density at radius 3 is 2.62 bits per heavy atom. The predicted octanol–water partition coefficient (Wildman–Crippen LogP) is 1.45. The van der Waals surface area contributed by atoms with E-state index in [1.165, 1.54) is 7.11 Å². The topological polar surface area (TPSA) is 84.9 Å². The molecule has 1 fully saturated rings. The predicted molar refractivity (Wildman–Crippen MR) is 72.4 cm³/mol. The van der Waals surface area contributed by atoms with Gasteiger partial charge in [-0.05, 0) is 12.5 Å². The fraction of sp³-hybridized carbons (Fsp3) is 0.357. The number of rotatable bonds is 3. The second kappa shape index (κ2) is 6.25. The SMILES string of the molecule is COC(=O)CNC(=O)N1C(=O)O[C@H](c2ccccc2)[C@@H]1C. The van der Waals surface area contributed by atoms with Crippen molar-refractivity contribution in [3.63, 3.8) is 0 Å². The number of ether oxygens (including phenoxy) is 2. The van der Waals surface area contributed by atoms with E-state index in [9.17, 15) is 14.4 Å². The van der Waals surface area contributed by atoms with Crippen molar-refractivity contribution in [1.82, 2.24) is 10.2 Å². The summed E-state index contributed by atoms with van der Waals surface area (Å²) in [7, 11) is 1.21. The van der Waals surface area contributed by atoms with Crippen LogP contribution in [-0.2, 0) is 14.3 Å². The van der Waals surface area contributed by atoms with Gasteiger partial charge in [0.05, 0.1) is 13.2 Å². The summed E-state index contributed by atoms with van der Waals surface area (Å²) >= 11 is 0. The highest BCUT2D eigenvalue weighted by molar-refractivity contribution is 5.94. The highest BCUT2D eigenvalue weighted by Gasteiger charge is 2.43. The van der Waals surface area contributed by atoms with Crippen LogP contribution in [0.5, 0.6) is 0 Å².